The molecule has 2 heterocycles. The van der Waals surface area contributed by atoms with E-state index in [2.05, 4.69) is 31.0 Å². The van der Waals surface area contributed by atoms with Crippen molar-refractivity contribution in [2.75, 3.05) is 19.6 Å². The number of carbonyl (C=O) groups excluding carboxylic acids is 3. The molecular formula is C27H42N2O5. The van der Waals surface area contributed by atoms with Gasteiger partial charge in [-0.25, -0.2) is 4.79 Å². The van der Waals surface area contributed by atoms with Crippen LogP contribution in [0.4, 0.5) is 4.79 Å². The molecule has 2 saturated heterocycles. The minimum Gasteiger partial charge on any atom is -0.445 e. The van der Waals surface area contributed by atoms with Crippen LogP contribution in [0.3, 0.4) is 0 Å². The number of carbonyl (C=O) groups is 3. The van der Waals surface area contributed by atoms with Crippen LogP contribution in [0.2, 0.25) is 0 Å². The van der Waals surface area contributed by atoms with Crippen molar-refractivity contribution < 1.29 is 24.2 Å². The average Bonchev–Trinajstić information content (AvgIpc) is 3.49. The predicted molar refractivity (Wildman–Crippen MR) is 127 cm³/mol. The summed E-state index contributed by atoms with van der Waals surface area (Å²) in [5.41, 5.74) is -1.29. The van der Waals surface area contributed by atoms with Gasteiger partial charge in [0.25, 0.3) is 0 Å². The maximum Gasteiger partial charge on any atom is 0.414 e. The molecule has 34 heavy (non-hydrogen) atoms. The fraction of sp³-hybridized carbons (Fsp3) is 0.889. The number of imide groups is 1. The summed E-state index contributed by atoms with van der Waals surface area (Å²) in [4.78, 5) is 41.7. The van der Waals surface area contributed by atoms with Crippen molar-refractivity contribution in [3.63, 3.8) is 0 Å². The lowest BCUT2D eigenvalue weighted by atomic mass is 9.44. The summed E-state index contributed by atoms with van der Waals surface area (Å²) < 4.78 is 6.12. The fourth-order valence-corrected chi connectivity index (χ4v) is 8.91. The lowest BCUT2D eigenvalue weighted by Crippen LogP contribution is -2.63. The Bertz CT molecular complexity index is 888. The number of amides is 2. The van der Waals surface area contributed by atoms with Crippen LogP contribution in [0.25, 0.3) is 0 Å². The molecule has 0 radical (unpaired) electrons. The Labute approximate surface area is 203 Å². The van der Waals surface area contributed by atoms with Gasteiger partial charge in [0.15, 0.2) is 0 Å². The third kappa shape index (κ3) is 3.40. The van der Waals surface area contributed by atoms with E-state index in [4.69, 9.17) is 4.74 Å². The third-order valence-electron chi connectivity index (χ3n) is 11.2. The quantitative estimate of drug-likeness (QED) is 0.637. The molecule has 1 unspecified atom stereocenters. The predicted octanol–water partition coefficient (Wildman–Crippen LogP) is 3.39. The number of nitrogens with one attached hydrogen (secondary N) is 1. The molecule has 5 aliphatic rings. The third-order valence-corrected chi connectivity index (χ3v) is 11.2. The van der Waals surface area contributed by atoms with Crippen molar-refractivity contribution in [1.29, 1.82) is 0 Å². The number of hydrogen-bond donors (Lipinski definition) is 2. The Morgan fingerprint density at radius 2 is 1.85 bits per heavy atom. The molecule has 2 N–H and O–H groups in total. The number of ketones is 1. The zero-order chi connectivity index (χ0) is 24.6. The highest BCUT2D eigenvalue weighted by Gasteiger charge is 2.68. The van der Waals surface area contributed by atoms with E-state index >= 15 is 0 Å². The second kappa shape index (κ2) is 8.02. The zero-order valence-electron chi connectivity index (χ0n) is 21.4. The lowest BCUT2D eigenvalue weighted by Gasteiger charge is -2.61. The molecule has 0 spiro atoms. The molecule has 5 fully saturated rings. The van der Waals surface area contributed by atoms with E-state index in [-0.39, 0.29) is 40.8 Å². The van der Waals surface area contributed by atoms with Gasteiger partial charge in [-0.15, -0.1) is 0 Å². The van der Waals surface area contributed by atoms with E-state index in [0.717, 1.165) is 38.8 Å². The monoisotopic (exact) mass is 474 g/mol. The van der Waals surface area contributed by atoms with Gasteiger partial charge in [-0.05, 0) is 67.2 Å². The molecule has 7 nitrogen and oxygen atoms in total. The van der Waals surface area contributed by atoms with Gasteiger partial charge in [-0.3, -0.25) is 14.9 Å². The SMILES string of the molecule is C[C@@H]1CC[C@@]23CCC(=O)[C@H]2[C@]1(C)[C@H](OC(=O)NC(=O)[C@H]1CN2CC[C@@H]1C2)CC(C)(C)[C@@H](O)[C@@H]3C. The standard InChI is InChI=1S/C27H42N2O5/c1-15-6-9-27-10-7-19(30)21(27)26(15,5)20(12-25(3,4)22(31)16(27)2)34-24(33)28-23(32)18-14-29-11-8-17(18)13-29/h15-18,20-22,31H,6-14H2,1-5H3,(H,28,32,33)/t15-,16+,17-,18+,20-,21+,22+,26+,27+/m1/s1. The van der Waals surface area contributed by atoms with E-state index < -0.39 is 29.1 Å². The van der Waals surface area contributed by atoms with Gasteiger partial charge < -0.3 is 14.7 Å². The number of hydrogen-bond acceptors (Lipinski definition) is 6. The Morgan fingerprint density at radius 1 is 1.12 bits per heavy atom. The molecule has 0 aromatic heterocycles. The molecule has 4 bridgehead atoms. The van der Waals surface area contributed by atoms with Crippen molar-refractivity contribution in [2.45, 2.75) is 85.4 Å². The molecule has 2 aliphatic heterocycles. The smallest absolute Gasteiger partial charge is 0.414 e. The molecule has 0 aromatic rings. The fourth-order valence-electron chi connectivity index (χ4n) is 8.91. The average molecular weight is 475 g/mol. The molecule has 5 rings (SSSR count). The number of nitrogens with zero attached hydrogens (tertiary/aromatic N) is 1. The summed E-state index contributed by atoms with van der Waals surface area (Å²) in [7, 11) is 0. The number of rotatable bonds is 2. The number of piperidine rings is 1. The van der Waals surface area contributed by atoms with Crippen LogP contribution in [0.1, 0.15) is 73.1 Å². The molecule has 3 saturated carbocycles. The maximum atomic E-state index is 13.4. The van der Waals surface area contributed by atoms with Crippen LogP contribution in [0.5, 0.6) is 0 Å². The summed E-state index contributed by atoms with van der Waals surface area (Å²) >= 11 is 0. The van der Waals surface area contributed by atoms with Gasteiger partial charge in [0.2, 0.25) is 5.91 Å². The highest BCUT2D eigenvalue weighted by molar-refractivity contribution is 5.93. The Morgan fingerprint density at radius 3 is 2.50 bits per heavy atom. The van der Waals surface area contributed by atoms with Gasteiger partial charge in [0, 0.05) is 30.8 Å². The summed E-state index contributed by atoms with van der Waals surface area (Å²) in [5, 5.41) is 14.0. The normalized spacial score (nSPS) is 49.2. The van der Waals surface area contributed by atoms with Crippen molar-refractivity contribution in [3.05, 3.63) is 0 Å². The topological polar surface area (TPSA) is 95.9 Å². The van der Waals surface area contributed by atoms with E-state index in [9.17, 15) is 19.5 Å². The van der Waals surface area contributed by atoms with Crippen molar-refractivity contribution in [3.8, 4) is 0 Å². The number of aliphatic hydroxyl groups excluding tert-OH is 1. The number of alkyl carbamates (subject to hydrolysis) is 1. The lowest BCUT2D eigenvalue weighted by molar-refractivity contribution is -0.195. The Balaban J connectivity index is 1.43. The first-order valence-electron chi connectivity index (χ1n) is 13.3. The summed E-state index contributed by atoms with van der Waals surface area (Å²) in [6.07, 6.45) is 2.79. The van der Waals surface area contributed by atoms with Crippen LogP contribution in [0.15, 0.2) is 0 Å². The van der Waals surface area contributed by atoms with Crippen LogP contribution in [0, 0.1) is 45.8 Å². The van der Waals surface area contributed by atoms with Gasteiger partial charge in [0.1, 0.15) is 11.9 Å². The molecule has 3 aliphatic carbocycles. The Hall–Kier alpha value is -1.47. The van der Waals surface area contributed by atoms with Gasteiger partial charge in [-0.1, -0.05) is 34.6 Å². The Kier molecular flexibility index (Phi) is 5.72. The minimum atomic E-state index is -0.707. The van der Waals surface area contributed by atoms with Gasteiger partial charge >= 0.3 is 6.09 Å². The number of ether oxygens (including phenoxy) is 1. The van der Waals surface area contributed by atoms with E-state index in [1.54, 1.807) is 0 Å². The molecule has 0 aromatic carbocycles. The molecule has 2 amide bonds. The second-order valence-corrected chi connectivity index (χ2v) is 13.2. The van der Waals surface area contributed by atoms with Gasteiger partial charge in [-0.2, -0.15) is 0 Å². The van der Waals surface area contributed by atoms with Gasteiger partial charge in [0.05, 0.1) is 12.0 Å². The van der Waals surface area contributed by atoms with Crippen LogP contribution in [-0.4, -0.2) is 59.6 Å². The minimum absolute atomic E-state index is 0.00471. The zero-order valence-corrected chi connectivity index (χ0v) is 21.4. The second-order valence-electron chi connectivity index (χ2n) is 13.2. The largest absolute Gasteiger partial charge is 0.445 e. The first kappa shape index (κ1) is 24.2. The molecule has 190 valence electrons. The first-order chi connectivity index (χ1) is 15.9. The maximum absolute atomic E-state index is 13.4. The van der Waals surface area contributed by atoms with Crippen LogP contribution >= 0.6 is 0 Å². The highest BCUT2D eigenvalue weighted by atomic mass is 16.6. The summed E-state index contributed by atoms with van der Waals surface area (Å²) in [6.45, 7) is 13.2. The van der Waals surface area contributed by atoms with Crippen LogP contribution < -0.4 is 5.32 Å². The first-order valence-corrected chi connectivity index (χ1v) is 13.3. The number of fused-ring (bicyclic) bond motifs is 2. The van der Waals surface area contributed by atoms with Crippen molar-refractivity contribution >= 4 is 17.8 Å². The van der Waals surface area contributed by atoms with E-state index in [0.29, 0.717) is 25.3 Å². The molecule has 7 heteroatoms. The summed E-state index contributed by atoms with van der Waals surface area (Å²) in [6, 6.07) is 0. The van der Waals surface area contributed by atoms with E-state index in [1.165, 1.54) is 0 Å². The summed E-state index contributed by atoms with van der Waals surface area (Å²) in [5.74, 6) is 0.102. The number of Topliss-reactive ketones (excluding diaryl/α,β-unsaturated/α-hetero) is 1. The number of aliphatic hydroxyl groups is 1. The van der Waals surface area contributed by atoms with Crippen LogP contribution in [-0.2, 0) is 14.3 Å². The van der Waals surface area contributed by atoms with Crippen molar-refractivity contribution in [2.24, 2.45) is 45.8 Å². The molecular weight excluding hydrogens is 432 g/mol. The van der Waals surface area contributed by atoms with E-state index in [1.807, 2.05) is 13.8 Å². The molecule has 10 atom stereocenters. The highest BCUT2D eigenvalue weighted by Crippen LogP contribution is 2.67. The van der Waals surface area contributed by atoms with Crippen molar-refractivity contribution in [1.82, 2.24) is 10.2 Å².